The third-order valence-electron chi connectivity index (χ3n) is 6.26. The maximum Gasteiger partial charge on any atom is 0.257 e. The number of nitrogens with one attached hydrogen (secondary N) is 1. The molecule has 0 heterocycles. The van der Waals surface area contributed by atoms with E-state index in [9.17, 15) is 9.59 Å². The van der Waals surface area contributed by atoms with E-state index < -0.39 is 0 Å². The maximum atomic E-state index is 13.6. The van der Waals surface area contributed by atoms with E-state index in [-0.39, 0.29) is 23.8 Å². The lowest BCUT2D eigenvalue weighted by Gasteiger charge is -2.33. The predicted octanol–water partition coefficient (Wildman–Crippen LogP) is 6.65. The molecule has 0 saturated heterocycles. The highest BCUT2D eigenvalue weighted by Crippen LogP contribution is 2.28. The summed E-state index contributed by atoms with van der Waals surface area (Å²) < 4.78 is 0. The number of benzene rings is 3. The van der Waals surface area contributed by atoms with Crippen molar-refractivity contribution >= 4 is 34.8 Å². The van der Waals surface area contributed by atoms with Crippen molar-refractivity contribution in [2.45, 2.75) is 40.3 Å². The molecule has 5 nitrogen and oxygen atoms in total. The smallest absolute Gasteiger partial charge is 0.257 e. The van der Waals surface area contributed by atoms with Crippen molar-refractivity contribution in [2.75, 3.05) is 24.3 Å². The summed E-state index contributed by atoms with van der Waals surface area (Å²) in [5.74, 6) is -0.0119. The van der Waals surface area contributed by atoms with Crippen LogP contribution in [0.3, 0.4) is 0 Å². The van der Waals surface area contributed by atoms with Crippen LogP contribution in [-0.4, -0.2) is 36.9 Å². The first kappa shape index (κ1) is 26.3. The quantitative estimate of drug-likeness (QED) is 0.383. The van der Waals surface area contributed by atoms with Crippen LogP contribution in [-0.2, 0) is 6.54 Å². The van der Waals surface area contributed by atoms with Gasteiger partial charge < -0.3 is 15.1 Å². The van der Waals surface area contributed by atoms with Crippen LogP contribution in [0.5, 0.6) is 0 Å². The van der Waals surface area contributed by atoms with Crippen molar-refractivity contribution < 1.29 is 9.59 Å². The van der Waals surface area contributed by atoms with E-state index in [1.165, 1.54) is 0 Å². The van der Waals surface area contributed by atoms with Crippen molar-refractivity contribution in [2.24, 2.45) is 5.92 Å². The van der Waals surface area contributed by atoms with Gasteiger partial charge in [0.15, 0.2) is 0 Å². The van der Waals surface area contributed by atoms with E-state index in [0.29, 0.717) is 28.4 Å². The minimum Gasteiger partial charge on any atom is -0.377 e. The Bertz CT molecular complexity index is 1210. The summed E-state index contributed by atoms with van der Waals surface area (Å²) >= 11 is 6.21. The van der Waals surface area contributed by atoms with Gasteiger partial charge in [-0.3, -0.25) is 9.59 Å². The highest BCUT2D eigenvalue weighted by molar-refractivity contribution is 6.34. The predicted molar refractivity (Wildman–Crippen MR) is 146 cm³/mol. The summed E-state index contributed by atoms with van der Waals surface area (Å²) in [5, 5.41) is 3.35. The van der Waals surface area contributed by atoms with Crippen LogP contribution in [0.2, 0.25) is 5.02 Å². The van der Waals surface area contributed by atoms with Crippen LogP contribution in [0.15, 0.2) is 66.7 Å². The van der Waals surface area contributed by atoms with Gasteiger partial charge in [-0.2, -0.15) is 0 Å². The molecular weight excluding hydrogens is 458 g/mol. The lowest BCUT2D eigenvalue weighted by Crippen LogP contribution is -2.41. The lowest BCUT2D eigenvalue weighted by atomic mass is 10.0. The number of hydrogen-bond acceptors (Lipinski definition) is 3. The van der Waals surface area contributed by atoms with Gasteiger partial charge in [-0.15, -0.1) is 0 Å². The first-order valence-corrected chi connectivity index (χ1v) is 12.2. The third kappa shape index (κ3) is 6.43. The Morgan fingerprint density at radius 3 is 2.29 bits per heavy atom. The Morgan fingerprint density at radius 1 is 0.943 bits per heavy atom. The molecule has 0 fully saturated rings. The standard InChI is InChI=1S/C29H34ClN3O2/c1-19(2)21(4)33(29(35)22-11-9-10-20(3)16-22)18-23-17-24(14-15-27(23)32(5)6)31-28(34)25-12-7-8-13-26(25)30/h7-17,19,21H,18H2,1-6H3,(H,31,34). The van der Waals surface area contributed by atoms with Crippen LogP contribution >= 0.6 is 11.6 Å². The zero-order valence-electron chi connectivity index (χ0n) is 21.3. The Balaban J connectivity index is 1.97. The first-order chi connectivity index (χ1) is 16.6. The number of nitrogens with zero attached hydrogens (tertiary/aromatic N) is 2. The molecule has 0 aliphatic heterocycles. The fourth-order valence-corrected chi connectivity index (χ4v) is 4.18. The zero-order chi connectivity index (χ0) is 25.7. The Kier molecular flexibility index (Phi) is 8.57. The van der Waals surface area contributed by atoms with Crippen LogP contribution in [0.25, 0.3) is 0 Å². The molecule has 6 heteroatoms. The number of hydrogen-bond donors (Lipinski definition) is 1. The number of amides is 2. The molecule has 0 aliphatic carbocycles. The number of aryl methyl sites for hydroxylation is 1. The van der Waals surface area contributed by atoms with Gasteiger partial charge in [0.05, 0.1) is 10.6 Å². The average Bonchev–Trinajstić information content (AvgIpc) is 2.81. The fourth-order valence-electron chi connectivity index (χ4n) is 3.96. The van der Waals surface area contributed by atoms with Crippen molar-refractivity contribution in [1.29, 1.82) is 0 Å². The molecule has 0 spiro atoms. The molecule has 0 saturated carbocycles. The molecule has 0 radical (unpaired) electrons. The number of halogens is 1. The summed E-state index contributed by atoms with van der Waals surface area (Å²) in [6.45, 7) is 8.72. The van der Waals surface area contributed by atoms with Crippen molar-refractivity contribution in [3.8, 4) is 0 Å². The van der Waals surface area contributed by atoms with Crippen molar-refractivity contribution in [1.82, 2.24) is 4.90 Å². The topological polar surface area (TPSA) is 52.7 Å². The Labute approximate surface area is 213 Å². The largest absolute Gasteiger partial charge is 0.377 e. The summed E-state index contributed by atoms with van der Waals surface area (Å²) in [5.41, 5.74) is 4.71. The lowest BCUT2D eigenvalue weighted by molar-refractivity contribution is 0.0628. The van der Waals surface area contributed by atoms with Gasteiger partial charge in [-0.05, 0) is 67.8 Å². The summed E-state index contributed by atoms with van der Waals surface area (Å²) in [6, 6.07) is 20.4. The molecule has 3 rings (SSSR count). The van der Waals surface area contributed by atoms with Crippen LogP contribution in [0, 0.1) is 12.8 Å². The number of rotatable bonds is 8. The maximum absolute atomic E-state index is 13.6. The molecule has 2 amide bonds. The molecule has 0 aliphatic rings. The van der Waals surface area contributed by atoms with E-state index in [2.05, 4.69) is 26.1 Å². The summed E-state index contributed by atoms with van der Waals surface area (Å²) in [7, 11) is 3.94. The van der Waals surface area contributed by atoms with E-state index in [4.69, 9.17) is 11.6 Å². The molecule has 35 heavy (non-hydrogen) atoms. The fraction of sp³-hybridized carbons (Fsp3) is 0.310. The van der Waals surface area contributed by atoms with Gasteiger partial charge in [0.2, 0.25) is 0 Å². The molecule has 3 aromatic rings. The average molecular weight is 492 g/mol. The van der Waals surface area contributed by atoms with Gasteiger partial charge >= 0.3 is 0 Å². The second-order valence-electron chi connectivity index (χ2n) is 9.46. The molecule has 1 unspecified atom stereocenters. The van der Waals surface area contributed by atoms with E-state index in [0.717, 1.165) is 16.8 Å². The second kappa shape index (κ2) is 11.4. The van der Waals surface area contributed by atoms with Gasteiger partial charge in [0.25, 0.3) is 11.8 Å². The first-order valence-electron chi connectivity index (χ1n) is 11.8. The number of carbonyl (C=O) groups excluding carboxylic acids is 2. The van der Waals surface area contributed by atoms with Crippen molar-refractivity contribution in [3.05, 3.63) is 94.0 Å². The van der Waals surface area contributed by atoms with Gasteiger partial charge in [0, 0.05) is 43.6 Å². The zero-order valence-corrected chi connectivity index (χ0v) is 22.1. The molecule has 1 atom stereocenters. The van der Waals surface area contributed by atoms with E-state index in [1.54, 1.807) is 24.3 Å². The monoisotopic (exact) mass is 491 g/mol. The molecule has 0 aromatic heterocycles. The van der Waals surface area contributed by atoms with Crippen LogP contribution < -0.4 is 10.2 Å². The highest BCUT2D eigenvalue weighted by atomic mass is 35.5. The molecule has 3 aromatic carbocycles. The minimum absolute atomic E-state index is 0.00916. The molecule has 1 N–H and O–H groups in total. The Hall–Kier alpha value is -3.31. The second-order valence-corrected chi connectivity index (χ2v) is 9.87. The van der Waals surface area contributed by atoms with Gasteiger partial charge in [-0.1, -0.05) is 55.3 Å². The van der Waals surface area contributed by atoms with E-state index in [1.807, 2.05) is 73.3 Å². The molecule has 184 valence electrons. The van der Waals surface area contributed by atoms with Crippen LogP contribution in [0.4, 0.5) is 11.4 Å². The SMILES string of the molecule is Cc1cccc(C(=O)N(Cc2cc(NC(=O)c3ccccc3Cl)ccc2N(C)C)C(C)C(C)C)c1. The molecular formula is C29H34ClN3O2. The Morgan fingerprint density at radius 2 is 1.66 bits per heavy atom. The van der Waals surface area contributed by atoms with E-state index >= 15 is 0 Å². The summed E-state index contributed by atoms with van der Waals surface area (Å²) in [4.78, 5) is 30.4. The van der Waals surface area contributed by atoms with Crippen LogP contribution in [0.1, 0.15) is 52.6 Å². The van der Waals surface area contributed by atoms with Gasteiger partial charge in [0.1, 0.15) is 0 Å². The number of carbonyl (C=O) groups is 2. The minimum atomic E-state index is -0.276. The van der Waals surface area contributed by atoms with Crippen molar-refractivity contribution in [3.63, 3.8) is 0 Å². The number of anilines is 2. The van der Waals surface area contributed by atoms with Gasteiger partial charge in [-0.25, -0.2) is 0 Å². The molecule has 0 bridgehead atoms. The third-order valence-corrected chi connectivity index (χ3v) is 6.59. The summed E-state index contributed by atoms with van der Waals surface area (Å²) in [6.07, 6.45) is 0. The highest BCUT2D eigenvalue weighted by Gasteiger charge is 2.25. The normalized spacial score (nSPS) is 11.8.